The normalized spacial score (nSPS) is 11.6. The number of aromatic nitrogens is 2. The van der Waals surface area contributed by atoms with Gasteiger partial charge in [0, 0.05) is 33.2 Å². The van der Waals surface area contributed by atoms with Crippen molar-refractivity contribution < 1.29 is 0 Å². The van der Waals surface area contributed by atoms with Crippen molar-refractivity contribution in [3.63, 3.8) is 0 Å². The number of fused-ring (bicyclic) bond motifs is 1. The molecule has 2 nitrogen and oxygen atoms in total. The Morgan fingerprint density at radius 2 is 2.05 bits per heavy atom. The molecular weight excluding hydrogens is 276 g/mol. The predicted octanol–water partition coefficient (Wildman–Crippen LogP) is 5.38. The molecule has 0 aliphatic carbocycles. The maximum Gasteiger partial charge on any atom is 0.125 e. The van der Waals surface area contributed by atoms with Gasteiger partial charge in [-0.3, -0.25) is 0 Å². The zero-order valence-electron chi connectivity index (χ0n) is 11.1. The third kappa shape index (κ3) is 2.28. The first-order valence-electron chi connectivity index (χ1n) is 6.29. The lowest BCUT2D eigenvalue weighted by atomic mass is 10.1. The zero-order valence-corrected chi connectivity index (χ0v) is 12.7. The molecule has 0 radical (unpaired) electrons. The van der Waals surface area contributed by atoms with Gasteiger partial charge in [0.05, 0.1) is 5.02 Å². The van der Waals surface area contributed by atoms with E-state index < -0.39 is 0 Å². The van der Waals surface area contributed by atoms with Crippen molar-refractivity contribution in [2.24, 2.45) is 0 Å². The minimum atomic E-state index is 0.483. The summed E-state index contributed by atoms with van der Waals surface area (Å²) >= 11 is 8.06. The SMILES string of the molecule is Cc1cnc(-c2cc3[nH]c(C(C)C)cc3cc2Cl)s1. The van der Waals surface area contributed by atoms with Crippen molar-refractivity contribution in [2.75, 3.05) is 0 Å². The molecule has 0 aliphatic heterocycles. The van der Waals surface area contributed by atoms with Crippen molar-refractivity contribution in [3.05, 3.63) is 40.0 Å². The number of rotatable bonds is 2. The average Bonchev–Trinajstić information content (AvgIpc) is 2.93. The van der Waals surface area contributed by atoms with E-state index in [-0.39, 0.29) is 0 Å². The molecule has 0 amide bonds. The van der Waals surface area contributed by atoms with Gasteiger partial charge in [0.2, 0.25) is 0 Å². The van der Waals surface area contributed by atoms with Crippen LogP contribution in [0.5, 0.6) is 0 Å². The Kier molecular flexibility index (Phi) is 3.11. The lowest BCUT2D eigenvalue weighted by molar-refractivity contribution is 0.836. The van der Waals surface area contributed by atoms with Crippen molar-refractivity contribution in [1.82, 2.24) is 9.97 Å². The fraction of sp³-hybridized carbons (Fsp3) is 0.267. The Bertz CT molecular complexity index is 740. The van der Waals surface area contributed by atoms with Gasteiger partial charge in [0.25, 0.3) is 0 Å². The smallest absolute Gasteiger partial charge is 0.125 e. The summed E-state index contributed by atoms with van der Waals surface area (Å²) in [5, 5.41) is 2.90. The van der Waals surface area contributed by atoms with Crippen LogP contribution in [-0.2, 0) is 0 Å². The first kappa shape index (κ1) is 12.7. The van der Waals surface area contributed by atoms with Crippen LogP contribution in [0.25, 0.3) is 21.5 Å². The number of benzene rings is 1. The Labute approximate surface area is 121 Å². The summed E-state index contributed by atoms with van der Waals surface area (Å²) in [6.45, 7) is 6.41. The van der Waals surface area contributed by atoms with E-state index >= 15 is 0 Å². The molecule has 2 aromatic heterocycles. The molecular formula is C15H15ClN2S. The lowest BCUT2D eigenvalue weighted by Crippen LogP contribution is -1.84. The number of nitrogens with zero attached hydrogens (tertiary/aromatic N) is 1. The second-order valence-corrected chi connectivity index (χ2v) is 6.72. The fourth-order valence-electron chi connectivity index (χ4n) is 2.13. The van der Waals surface area contributed by atoms with Gasteiger partial charge in [-0.1, -0.05) is 25.4 Å². The third-order valence-electron chi connectivity index (χ3n) is 3.20. The van der Waals surface area contributed by atoms with Crippen molar-refractivity contribution in [1.29, 1.82) is 0 Å². The predicted molar refractivity (Wildman–Crippen MR) is 83.2 cm³/mol. The Morgan fingerprint density at radius 1 is 1.26 bits per heavy atom. The minimum absolute atomic E-state index is 0.483. The van der Waals surface area contributed by atoms with Gasteiger partial charge in [-0.05, 0) is 31.0 Å². The molecule has 3 rings (SSSR count). The highest BCUT2D eigenvalue weighted by Gasteiger charge is 2.11. The van der Waals surface area contributed by atoms with Gasteiger partial charge >= 0.3 is 0 Å². The molecule has 0 bridgehead atoms. The number of aromatic amines is 1. The minimum Gasteiger partial charge on any atom is -0.358 e. The van der Waals surface area contributed by atoms with Gasteiger partial charge in [0.1, 0.15) is 5.01 Å². The summed E-state index contributed by atoms with van der Waals surface area (Å²) in [4.78, 5) is 9.07. The molecule has 1 aromatic carbocycles. The fourth-order valence-corrected chi connectivity index (χ4v) is 3.24. The lowest BCUT2D eigenvalue weighted by Gasteiger charge is -2.01. The summed E-state index contributed by atoms with van der Waals surface area (Å²) in [5.74, 6) is 0.483. The molecule has 3 aromatic rings. The van der Waals surface area contributed by atoms with Crippen LogP contribution in [-0.4, -0.2) is 9.97 Å². The topological polar surface area (TPSA) is 28.7 Å². The number of hydrogen-bond donors (Lipinski definition) is 1. The number of halogens is 1. The van der Waals surface area contributed by atoms with Gasteiger partial charge in [-0.25, -0.2) is 4.98 Å². The highest BCUT2D eigenvalue weighted by atomic mass is 35.5. The van der Waals surface area contributed by atoms with Gasteiger partial charge in [-0.15, -0.1) is 11.3 Å². The van der Waals surface area contributed by atoms with Gasteiger partial charge < -0.3 is 4.98 Å². The summed E-state index contributed by atoms with van der Waals surface area (Å²) in [6.07, 6.45) is 1.88. The Hall–Kier alpha value is -1.32. The second kappa shape index (κ2) is 4.66. The van der Waals surface area contributed by atoms with Crippen LogP contribution < -0.4 is 0 Å². The highest BCUT2D eigenvalue weighted by Crippen LogP contribution is 2.35. The summed E-state index contributed by atoms with van der Waals surface area (Å²) < 4.78 is 0. The quantitative estimate of drug-likeness (QED) is 0.675. The largest absolute Gasteiger partial charge is 0.358 e. The van der Waals surface area contributed by atoms with Crippen LogP contribution >= 0.6 is 22.9 Å². The van der Waals surface area contributed by atoms with E-state index in [4.69, 9.17) is 11.6 Å². The van der Waals surface area contributed by atoms with E-state index in [1.807, 2.05) is 12.3 Å². The molecule has 98 valence electrons. The van der Waals surface area contributed by atoms with E-state index in [2.05, 4.69) is 42.9 Å². The summed E-state index contributed by atoms with van der Waals surface area (Å²) in [5.41, 5.74) is 3.36. The molecule has 0 saturated heterocycles. The van der Waals surface area contributed by atoms with Gasteiger partial charge in [0.15, 0.2) is 0 Å². The number of thiazole rings is 1. The van der Waals surface area contributed by atoms with E-state index in [9.17, 15) is 0 Å². The zero-order chi connectivity index (χ0) is 13.6. The van der Waals surface area contributed by atoms with E-state index in [1.54, 1.807) is 11.3 Å². The maximum absolute atomic E-state index is 6.39. The number of aryl methyl sites for hydroxylation is 1. The average molecular weight is 291 g/mol. The monoisotopic (exact) mass is 290 g/mol. The molecule has 1 N–H and O–H groups in total. The van der Waals surface area contributed by atoms with Crippen molar-refractivity contribution in [2.45, 2.75) is 26.7 Å². The highest BCUT2D eigenvalue weighted by molar-refractivity contribution is 7.15. The number of nitrogens with one attached hydrogen (secondary N) is 1. The first-order chi connectivity index (χ1) is 9.04. The molecule has 0 unspecified atom stereocenters. The second-order valence-electron chi connectivity index (χ2n) is 5.07. The van der Waals surface area contributed by atoms with E-state index in [0.717, 1.165) is 26.5 Å². The first-order valence-corrected chi connectivity index (χ1v) is 7.49. The van der Waals surface area contributed by atoms with Crippen LogP contribution in [0.3, 0.4) is 0 Å². The molecule has 19 heavy (non-hydrogen) atoms. The van der Waals surface area contributed by atoms with Crippen molar-refractivity contribution in [3.8, 4) is 10.6 Å². The molecule has 0 fully saturated rings. The van der Waals surface area contributed by atoms with Crippen LogP contribution in [0, 0.1) is 6.92 Å². The summed E-state index contributed by atoms with van der Waals surface area (Å²) in [6, 6.07) is 6.29. The number of hydrogen-bond acceptors (Lipinski definition) is 2. The maximum atomic E-state index is 6.39. The third-order valence-corrected chi connectivity index (χ3v) is 4.46. The molecule has 0 spiro atoms. The molecule has 0 atom stereocenters. The Balaban J connectivity index is 2.18. The van der Waals surface area contributed by atoms with E-state index in [1.165, 1.54) is 10.6 Å². The van der Waals surface area contributed by atoms with Crippen molar-refractivity contribution >= 4 is 33.8 Å². The summed E-state index contributed by atoms with van der Waals surface area (Å²) in [7, 11) is 0. The number of H-pyrrole nitrogens is 1. The molecule has 0 aliphatic rings. The van der Waals surface area contributed by atoms with Crippen LogP contribution in [0.2, 0.25) is 5.02 Å². The molecule has 4 heteroatoms. The van der Waals surface area contributed by atoms with Crippen LogP contribution in [0.1, 0.15) is 30.3 Å². The Morgan fingerprint density at radius 3 is 2.68 bits per heavy atom. The molecule has 0 saturated carbocycles. The van der Waals surface area contributed by atoms with Crippen LogP contribution in [0.4, 0.5) is 0 Å². The van der Waals surface area contributed by atoms with Crippen LogP contribution in [0.15, 0.2) is 24.4 Å². The van der Waals surface area contributed by atoms with E-state index in [0.29, 0.717) is 5.92 Å². The molecule has 2 heterocycles. The van der Waals surface area contributed by atoms with Gasteiger partial charge in [-0.2, -0.15) is 0 Å². The standard InChI is InChI=1S/C15H15ClN2S/c1-8(2)13-5-10-4-12(16)11(6-14(10)18-13)15-17-7-9(3)19-15/h4-8,18H,1-3H3.